The lowest BCUT2D eigenvalue weighted by molar-refractivity contribution is -0.139. The lowest BCUT2D eigenvalue weighted by Gasteiger charge is -2.16. The number of nitrogens with one attached hydrogen (secondary N) is 1. The molecule has 0 aromatic heterocycles. The summed E-state index contributed by atoms with van der Waals surface area (Å²) in [5, 5.41) is 12.4. The molecule has 2 rings (SSSR count). The SMILES string of the molecule is CCOc1ccc(C(NC2CC2)C(=O)O)cc1C. The van der Waals surface area contributed by atoms with Crippen LogP contribution in [0.1, 0.15) is 36.9 Å². The fourth-order valence-corrected chi connectivity index (χ4v) is 1.97. The predicted molar refractivity (Wildman–Crippen MR) is 68.9 cm³/mol. The second kappa shape index (κ2) is 5.40. The molecule has 0 aliphatic heterocycles. The van der Waals surface area contributed by atoms with Gasteiger partial charge in [-0.05, 0) is 43.9 Å². The maximum absolute atomic E-state index is 11.3. The lowest BCUT2D eigenvalue weighted by Crippen LogP contribution is -2.30. The van der Waals surface area contributed by atoms with E-state index in [2.05, 4.69) is 5.32 Å². The summed E-state index contributed by atoms with van der Waals surface area (Å²) in [4.78, 5) is 11.3. The van der Waals surface area contributed by atoms with Crippen molar-refractivity contribution >= 4 is 5.97 Å². The summed E-state index contributed by atoms with van der Waals surface area (Å²) in [6, 6.07) is 5.30. The first-order chi connectivity index (χ1) is 8.61. The number of carbonyl (C=O) groups is 1. The summed E-state index contributed by atoms with van der Waals surface area (Å²) >= 11 is 0. The van der Waals surface area contributed by atoms with Crippen LogP contribution in [0.25, 0.3) is 0 Å². The van der Waals surface area contributed by atoms with Gasteiger partial charge in [-0.15, -0.1) is 0 Å². The monoisotopic (exact) mass is 249 g/mol. The van der Waals surface area contributed by atoms with Gasteiger partial charge in [-0.25, -0.2) is 0 Å². The maximum atomic E-state index is 11.3. The Hall–Kier alpha value is -1.55. The van der Waals surface area contributed by atoms with E-state index in [9.17, 15) is 9.90 Å². The van der Waals surface area contributed by atoms with Crippen LogP contribution in [-0.4, -0.2) is 23.7 Å². The van der Waals surface area contributed by atoms with Crippen LogP contribution in [0.2, 0.25) is 0 Å². The van der Waals surface area contributed by atoms with Crippen LogP contribution in [0.5, 0.6) is 5.75 Å². The van der Waals surface area contributed by atoms with Crippen LogP contribution in [-0.2, 0) is 4.79 Å². The number of aliphatic carboxylic acids is 1. The Morgan fingerprint density at radius 3 is 2.78 bits per heavy atom. The molecule has 2 N–H and O–H groups in total. The molecule has 98 valence electrons. The second-order valence-electron chi connectivity index (χ2n) is 4.67. The van der Waals surface area contributed by atoms with Gasteiger partial charge in [0.15, 0.2) is 0 Å². The molecule has 18 heavy (non-hydrogen) atoms. The number of hydrogen-bond donors (Lipinski definition) is 2. The van der Waals surface area contributed by atoms with Crippen LogP contribution in [0.3, 0.4) is 0 Å². The van der Waals surface area contributed by atoms with Gasteiger partial charge in [0.1, 0.15) is 11.8 Å². The third kappa shape index (κ3) is 3.01. The Morgan fingerprint density at radius 2 is 2.28 bits per heavy atom. The summed E-state index contributed by atoms with van der Waals surface area (Å²) in [5.74, 6) is -0.0118. The molecule has 1 aromatic carbocycles. The zero-order valence-electron chi connectivity index (χ0n) is 10.8. The van der Waals surface area contributed by atoms with Crippen molar-refractivity contribution in [1.29, 1.82) is 0 Å². The fraction of sp³-hybridized carbons (Fsp3) is 0.500. The molecule has 1 atom stereocenters. The molecule has 1 fully saturated rings. The van der Waals surface area contributed by atoms with Gasteiger partial charge in [-0.1, -0.05) is 12.1 Å². The van der Waals surface area contributed by atoms with Crippen molar-refractivity contribution in [3.8, 4) is 5.75 Å². The Morgan fingerprint density at radius 1 is 1.56 bits per heavy atom. The molecular formula is C14H19NO3. The third-order valence-corrected chi connectivity index (χ3v) is 3.06. The van der Waals surface area contributed by atoms with Gasteiger partial charge in [0.05, 0.1) is 6.61 Å². The highest BCUT2D eigenvalue weighted by atomic mass is 16.5. The van der Waals surface area contributed by atoms with Crippen molar-refractivity contribution in [2.24, 2.45) is 0 Å². The topological polar surface area (TPSA) is 58.6 Å². The van der Waals surface area contributed by atoms with Crippen molar-refractivity contribution < 1.29 is 14.6 Å². The largest absolute Gasteiger partial charge is 0.494 e. The average Bonchev–Trinajstić information content (AvgIpc) is 3.12. The van der Waals surface area contributed by atoms with Gasteiger partial charge < -0.3 is 9.84 Å². The molecule has 0 spiro atoms. The number of aryl methyl sites for hydroxylation is 1. The molecular weight excluding hydrogens is 230 g/mol. The number of carboxylic acid groups (broad SMARTS) is 1. The molecule has 1 aliphatic carbocycles. The first-order valence-electron chi connectivity index (χ1n) is 6.34. The predicted octanol–water partition coefficient (Wildman–Crippen LogP) is 2.27. The minimum absolute atomic E-state index is 0.359. The maximum Gasteiger partial charge on any atom is 0.325 e. The Bertz CT molecular complexity index is 441. The van der Waals surface area contributed by atoms with Gasteiger partial charge in [-0.3, -0.25) is 10.1 Å². The van der Waals surface area contributed by atoms with E-state index in [1.807, 2.05) is 32.0 Å². The van der Waals surface area contributed by atoms with Gasteiger partial charge in [0.2, 0.25) is 0 Å². The molecule has 1 aromatic rings. The lowest BCUT2D eigenvalue weighted by atomic mass is 10.0. The number of carboxylic acids is 1. The summed E-state index contributed by atoms with van der Waals surface area (Å²) in [6.45, 7) is 4.48. The number of ether oxygens (including phenoxy) is 1. The third-order valence-electron chi connectivity index (χ3n) is 3.06. The van der Waals surface area contributed by atoms with Crippen molar-refractivity contribution in [1.82, 2.24) is 5.32 Å². The normalized spacial score (nSPS) is 16.3. The van der Waals surface area contributed by atoms with Crippen molar-refractivity contribution in [2.75, 3.05) is 6.61 Å². The van der Waals surface area contributed by atoms with E-state index >= 15 is 0 Å². The highest BCUT2D eigenvalue weighted by molar-refractivity contribution is 5.75. The first-order valence-corrected chi connectivity index (χ1v) is 6.34. The quantitative estimate of drug-likeness (QED) is 0.812. The van der Waals surface area contributed by atoms with E-state index in [1.165, 1.54) is 0 Å². The van der Waals surface area contributed by atoms with Gasteiger partial charge in [0.25, 0.3) is 0 Å². The Balaban J connectivity index is 2.18. The van der Waals surface area contributed by atoms with Crippen LogP contribution < -0.4 is 10.1 Å². The van der Waals surface area contributed by atoms with Crippen molar-refractivity contribution in [2.45, 2.75) is 38.8 Å². The van der Waals surface area contributed by atoms with Crippen molar-refractivity contribution in [3.05, 3.63) is 29.3 Å². The fourth-order valence-electron chi connectivity index (χ4n) is 1.97. The summed E-state index contributed by atoms with van der Waals surface area (Å²) in [7, 11) is 0. The number of hydrogen-bond acceptors (Lipinski definition) is 3. The van der Waals surface area contributed by atoms with E-state index in [1.54, 1.807) is 0 Å². The number of benzene rings is 1. The molecule has 4 heteroatoms. The first kappa shape index (κ1) is 12.9. The molecule has 1 saturated carbocycles. The van der Waals surface area contributed by atoms with Crippen LogP contribution in [0, 0.1) is 6.92 Å². The summed E-state index contributed by atoms with van der Waals surface area (Å²) in [6.07, 6.45) is 2.14. The van der Waals surface area contributed by atoms with Gasteiger partial charge in [0, 0.05) is 6.04 Å². The minimum atomic E-state index is -0.828. The summed E-state index contributed by atoms with van der Waals surface area (Å²) in [5.41, 5.74) is 1.76. The van der Waals surface area contributed by atoms with E-state index in [4.69, 9.17) is 4.74 Å². The minimum Gasteiger partial charge on any atom is -0.494 e. The number of rotatable bonds is 6. The van der Waals surface area contributed by atoms with E-state index in [-0.39, 0.29) is 0 Å². The Labute approximate surface area is 107 Å². The van der Waals surface area contributed by atoms with Gasteiger partial charge in [-0.2, -0.15) is 0 Å². The molecule has 0 bridgehead atoms. The molecule has 4 nitrogen and oxygen atoms in total. The van der Waals surface area contributed by atoms with Gasteiger partial charge >= 0.3 is 5.97 Å². The second-order valence-corrected chi connectivity index (χ2v) is 4.67. The Kier molecular flexibility index (Phi) is 3.87. The molecule has 1 unspecified atom stereocenters. The van der Waals surface area contributed by atoms with Crippen molar-refractivity contribution in [3.63, 3.8) is 0 Å². The van der Waals surface area contributed by atoms with Crippen LogP contribution >= 0.6 is 0 Å². The molecule has 0 heterocycles. The highest BCUT2D eigenvalue weighted by Crippen LogP contribution is 2.27. The van der Waals surface area contributed by atoms with E-state index in [0.29, 0.717) is 12.6 Å². The summed E-state index contributed by atoms with van der Waals surface area (Å²) < 4.78 is 5.46. The smallest absolute Gasteiger partial charge is 0.325 e. The zero-order chi connectivity index (χ0) is 13.1. The average molecular weight is 249 g/mol. The molecule has 1 aliphatic rings. The van der Waals surface area contributed by atoms with E-state index in [0.717, 1.165) is 29.7 Å². The highest BCUT2D eigenvalue weighted by Gasteiger charge is 2.29. The molecule has 0 radical (unpaired) electrons. The van der Waals surface area contributed by atoms with Crippen LogP contribution in [0.15, 0.2) is 18.2 Å². The zero-order valence-corrected chi connectivity index (χ0v) is 10.8. The van der Waals surface area contributed by atoms with Crippen LogP contribution in [0.4, 0.5) is 0 Å². The standard InChI is InChI=1S/C14H19NO3/c1-3-18-12-7-4-10(8-9(12)2)13(14(16)17)15-11-5-6-11/h4,7-8,11,13,15H,3,5-6H2,1-2H3,(H,16,17). The molecule has 0 amide bonds. The molecule has 0 saturated heterocycles. The van der Waals surface area contributed by atoms with E-state index < -0.39 is 12.0 Å².